The highest BCUT2D eigenvalue weighted by atomic mass is 16.4. The van der Waals surface area contributed by atoms with Crippen molar-refractivity contribution in [3.05, 3.63) is 27.2 Å². The molecule has 0 unspecified atom stereocenters. The first-order chi connectivity index (χ1) is 10.2. The monoisotopic (exact) mass is 309 g/mol. The van der Waals surface area contributed by atoms with Gasteiger partial charge < -0.3 is 15.0 Å². The van der Waals surface area contributed by atoms with Gasteiger partial charge in [0.1, 0.15) is 12.6 Å². The van der Waals surface area contributed by atoms with Gasteiger partial charge in [0.2, 0.25) is 5.91 Å². The normalized spacial score (nSPS) is 12.3. The van der Waals surface area contributed by atoms with Crippen molar-refractivity contribution in [1.82, 2.24) is 24.0 Å². The Hall–Kier alpha value is -2.91. The molecular formula is C12H15N5O5. The van der Waals surface area contributed by atoms with Crippen molar-refractivity contribution in [3.8, 4) is 0 Å². The Morgan fingerprint density at radius 1 is 1.32 bits per heavy atom. The van der Waals surface area contributed by atoms with Gasteiger partial charge in [0, 0.05) is 14.1 Å². The largest absolute Gasteiger partial charge is 0.480 e. The number of carbonyl (C=O) groups excluding carboxylic acids is 1. The maximum Gasteiger partial charge on any atom is 0.332 e. The van der Waals surface area contributed by atoms with Crippen LogP contribution < -0.4 is 16.6 Å². The first-order valence-corrected chi connectivity index (χ1v) is 6.37. The average molecular weight is 309 g/mol. The molecule has 0 radical (unpaired) electrons. The molecular weight excluding hydrogens is 294 g/mol. The summed E-state index contributed by atoms with van der Waals surface area (Å²) >= 11 is 0. The number of imidazole rings is 1. The molecule has 0 spiro atoms. The van der Waals surface area contributed by atoms with Crippen LogP contribution in [0.2, 0.25) is 0 Å². The number of aliphatic carboxylic acids is 1. The lowest BCUT2D eigenvalue weighted by molar-refractivity contribution is -0.141. The number of carboxylic acids is 1. The molecule has 1 amide bonds. The van der Waals surface area contributed by atoms with Gasteiger partial charge in [-0.1, -0.05) is 0 Å². The molecule has 2 N–H and O–H groups in total. The molecule has 118 valence electrons. The number of nitrogens with one attached hydrogen (secondary N) is 1. The van der Waals surface area contributed by atoms with Crippen LogP contribution in [0.25, 0.3) is 11.2 Å². The molecule has 2 aromatic heterocycles. The number of nitrogens with zero attached hydrogens (tertiary/aromatic N) is 4. The van der Waals surface area contributed by atoms with Crippen LogP contribution in [0.3, 0.4) is 0 Å². The summed E-state index contributed by atoms with van der Waals surface area (Å²) in [5.41, 5.74) is -0.837. The first-order valence-electron chi connectivity index (χ1n) is 6.37. The van der Waals surface area contributed by atoms with E-state index in [-0.39, 0.29) is 17.7 Å². The number of aromatic nitrogens is 4. The number of hydrogen-bond donors (Lipinski definition) is 2. The third kappa shape index (κ3) is 2.50. The maximum atomic E-state index is 12.2. The van der Waals surface area contributed by atoms with E-state index in [0.717, 1.165) is 4.57 Å². The lowest BCUT2D eigenvalue weighted by Gasteiger charge is -2.10. The molecule has 0 aliphatic carbocycles. The summed E-state index contributed by atoms with van der Waals surface area (Å²) in [5, 5.41) is 11.0. The Morgan fingerprint density at radius 2 is 1.95 bits per heavy atom. The highest BCUT2D eigenvalue weighted by Crippen LogP contribution is 2.05. The molecule has 2 aromatic rings. The molecule has 2 rings (SSSR count). The van der Waals surface area contributed by atoms with Gasteiger partial charge in [-0.05, 0) is 6.92 Å². The third-order valence-corrected chi connectivity index (χ3v) is 3.28. The van der Waals surface area contributed by atoms with E-state index in [1.165, 1.54) is 36.5 Å². The molecule has 0 saturated carbocycles. The van der Waals surface area contributed by atoms with E-state index < -0.39 is 29.2 Å². The Bertz CT molecular complexity index is 874. The van der Waals surface area contributed by atoms with Crippen LogP contribution in [0.15, 0.2) is 15.9 Å². The fourth-order valence-electron chi connectivity index (χ4n) is 2.02. The summed E-state index contributed by atoms with van der Waals surface area (Å²) < 4.78 is 3.39. The zero-order chi connectivity index (χ0) is 16.6. The van der Waals surface area contributed by atoms with Gasteiger partial charge in [-0.2, -0.15) is 0 Å². The predicted molar refractivity (Wildman–Crippen MR) is 75.5 cm³/mol. The molecule has 0 saturated heterocycles. The number of carboxylic acid groups (broad SMARTS) is 1. The van der Waals surface area contributed by atoms with Crippen LogP contribution >= 0.6 is 0 Å². The molecule has 1 atom stereocenters. The molecule has 10 heteroatoms. The van der Waals surface area contributed by atoms with E-state index in [1.807, 2.05) is 0 Å². The number of rotatable bonds is 4. The van der Waals surface area contributed by atoms with E-state index in [1.54, 1.807) is 0 Å². The second-order valence-corrected chi connectivity index (χ2v) is 4.88. The summed E-state index contributed by atoms with van der Waals surface area (Å²) in [5.74, 6) is -1.74. The fraction of sp³-hybridized carbons (Fsp3) is 0.417. The van der Waals surface area contributed by atoms with E-state index in [2.05, 4.69) is 10.3 Å². The number of amides is 1. The number of aryl methyl sites for hydroxylation is 1. The zero-order valence-electron chi connectivity index (χ0n) is 12.2. The number of carbonyl (C=O) groups is 2. The van der Waals surface area contributed by atoms with Gasteiger partial charge >= 0.3 is 11.7 Å². The topological polar surface area (TPSA) is 128 Å². The van der Waals surface area contributed by atoms with E-state index >= 15 is 0 Å². The lowest BCUT2D eigenvalue weighted by Crippen LogP contribution is -2.41. The standard InChI is InChI=1S/C12H15N5O5/c1-6(11(20)21)14-7(18)4-17-5-13-9-8(17)10(19)16(3)12(22)15(9)2/h5-6H,4H2,1-3H3,(H,14,18)(H,20,21)/t6-/m0/s1. The lowest BCUT2D eigenvalue weighted by atomic mass is 10.3. The highest BCUT2D eigenvalue weighted by Gasteiger charge is 2.18. The Morgan fingerprint density at radius 3 is 2.55 bits per heavy atom. The Labute approximate surface area is 123 Å². The van der Waals surface area contributed by atoms with Crippen molar-refractivity contribution < 1.29 is 14.7 Å². The first kappa shape index (κ1) is 15.5. The van der Waals surface area contributed by atoms with Crippen molar-refractivity contribution >= 4 is 23.0 Å². The minimum absolute atomic E-state index is 0.0997. The van der Waals surface area contributed by atoms with E-state index in [9.17, 15) is 19.2 Å². The zero-order valence-corrected chi connectivity index (χ0v) is 12.2. The second kappa shape index (κ2) is 5.47. The average Bonchev–Trinajstić information content (AvgIpc) is 2.86. The minimum atomic E-state index is -1.16. The maximum absolute atomic E-state index is 12.2. The minimum Gasteiger partial charge on any atom is -0.480 e. The predicted octanol–water partition coefficient (Wildman–Crippen LogP) is -1.98. The molecule has 2 heterocycles. The van der Waals surface area contributed by atoms with Crippen molar-refractivity contribution in [1.29, 1.82) is 0 Å². The smallest absolute Gasteiger partial charge is 0.332 e. The molecule has 10 nitrogen and oxygen atoms in total. The van der Waals surface area contributed by atoms with Gasteiger partial charge in [0.15, 0.2) is 11.2 Å². The van der Waals surface area contributed by atoms with E-state index in [4.69, 9.17) is 5.11 Å². The second-order valence-electron chi connectivity index (χ2n) is 4.88. The van der Waals surface area contributed by atoms with Gasteiger partial charge in [0.05, 0.1) is 6.33 Å². The van der Waals surface area contributed by atoms with Crippen molar-refractivity contribution in [3.63, 3.8) is 0 Å². The summed E-state index contributed by atoms with van der Waals surface area (Å²) in [6.45, 7) is 1.05. The van der Waals surface area contributed by atoms with Crippen molar-refractivity contribution in [2.45, 2.75) is 19.5 Å². The van der Waals surface area contributed by atoms with Crippen LogP contribution in [0.5, 0.6) is 0 Å². The van der Waals surface area contributed by atoms with Crippen LogP contribution in [0.4, 0.5) is 0 Å². The van der Waals surface area contributed by atoms with Crippen molar-refractivity contribution in [2.75, 3.05) is 0 Å². The van der Waals surface area contributed by atoms with Crippen LogP contribution in [0.1, 0.15) is 6.92 Å². The molecule has 0 aliphatic heterocycles. The van der Waals surface area contributed by atoms with Crippen LogP contribution in [0, 0.1) is 0 Å². The summed E-state index contributed by atoms with van der Waals surface area (Å²) in [6.07, 6.45) is 1.26. The summed E-state index contributed by atoms with van der Waals surface area (Å²) in [4.78, 5) is 50.4. The molecule has 0 aliphatic rings. The van der Waals surface area contributed by atoms with Gasteiger partial charge in [-0.25, -0.2) is 9.78 Å². The SMILES string of the molecule is C[C@H](NC(=O)Cn1cnc2c1c(=O)n(C)c(=O)n2C)C(=O)O. The van der Waals surface area contributed by atoms with Crippen molar-refractivity contribution in [2.24, 2.45) is 14.1 Å². The van der Waals surface area contributed by atoms with Crippen LogP contribution in [-0.4, -0.2) is 41.7 Å². The van der Waals surface area contributed by atoms with Crippen LogP contribution in [-0.2, 0) is 30.2 Å². The number of fused-ring (bicyclic) bond motifs is 1. The molecule has 0 fully saturated rings. The third-order valence-electron chi connectivity index (χ3n) is 3.28. The number of hydrogen-bond acceptors (Lipinski definition) is 5. The molecule has 0 bridgehead atoms. The quantitative estimate of drug-likeness (QED) is 0.674. The molecule has 22 heavy (non-hydrogen) atoms. The van der Waals surface area contributed by atoms with Gasteiger partial charge in [-0.15, -0.1) is 0 Å². The Kier molecular flexibility index (Phi) is 3.85. The Balaban J connectivity index is 2.42. The summed E-state index contributed by atoms with van der Waals surface area (Å²) in [7, 11) is 2.79. The highest BCUT2D eigenvalue weighted by molar-refractivity contribution is 5.84. The summed E-state index contributed by atoms with van der Waals surface area (Å²) in [6, 6.07) is -1.05. The van der Waals surface area contributed by atoms with Gasteiger partial charge in [0.25, 0.3) is 5.56 Å². The van der Waals surface area contributed by atoms with Gasteiger partial charge in [-0.3, -0.25) is 23.5 Å². The fourth-order valence-corrected chi connectivity index (χ4v) is 2.02. The van der Waals surface area contributed by atoms with E-state index in [0.29, 0.717) is 0 Å². The molecule has 0 aromatic carbocycles.